The van der Waals surface area contributed by atoms with Crippen molar-refractivity contribution in [3.05, 3.63) is 56.5 Å². The van der Waals surface area contributed by atoms with E-state index in [-0.39, 0.29) is 41.5 Å². The zero-order valence-electron chi connectivity index (χ0n) is 21.0. The predicted octanol–water partition coefficient (Wildman–Crippen LogP) is 2.75. The van der Waals surface area contributed by atoms with E-state index in [1.165, 1.54) is 21.2 Å². The van der Waals surface area contributed by atoms with Crippen LogP contribution in [-0.2, 0) is 11.3 Å². The minimum atomic E-state index is -0.676. The summed E-state index contributed by atoms with van der Waals surface area (Å²) < 4.78 is 3.15. The highest BCUT2D eigenvalue weighted by Gasteiger charge is 2.26. The van der Waals surface area contributed by atoms with Gasteiger partial charge in [-0.05, 0) is 37.3 Å². The number of hydrogen-bond acceptors (Lipinski definition) is 7. The van der Waals surface area contributed by atoms with Crippen molar-refractivity contribution >= 4 is 29.2 Å². The number of anilines is 2. The van der Waals surface area contributed by atoms with Gasteiger partial charge >= 0.3 is 5.69 Å². The number of benzene rings is 1. The van der Waals surface area contributed by atoms with Crippen LogP contribution < -0.4 is 21.9 Å². The Hall–Kier alpha value is -3.34. The number of nitrogens with one attached hydrogen (secondary N) is 1. The first-order chi connectivity index (χ1) is 16.5. The number of carbonyl (C=O) groups is 1. The van der Waals surface area contributed by atoms with Crippen LogP contribution in [0.25, 0.3) is 5.69 Å². The summed E-state index contributed by atoms with van der Waals surface area (Å²) in [5, 5.41) is 8.76. The second-order valence-electron chi connectivity index (χ2n) is 9.46. The average Bonchev–Trinajstić information content (AvgIpc) is 3.22. The topological polar surface area (TPSA) is 132 Å². The number of H-pyrrole nitrogens is 1. The second kappa shape index (κ2) is 10.9. The summed E-state index contributed by atoms with van der Waals surface area (Å²) in [7, 11) is 0. The number of nitrogen functional groups attached to an aromatic ring is 1. The van der Waals surface area contributed by atoms with Gasteiger partial charge in [-0.2, -0.15) is 0 Å². The molecular formula is C24H33N7O3S. The maximum Gasteiger partial charge on any atom is 0.330 e. The summed E-state index contributed by atoms with van der Waals surface area (Å²) in [6.45, 7) is 12.4. The number of aromatic amines is 1. The normalized spacial score (nSPS) is 11.4. The van der Waals surface area contributed by atoms with Crippen LogP contribution in [0.5, 0.6) is 0 Å². The maximum absolute atomic E-state index is 13.4. The molecule has 0 spiro atoms. The van der Waals surface area contributed by atoms with E-state index in [0.29, 0.717) is 11.7 Å². The number of thioether (sulfide) groups is 1. The Labute approximate surface area is 208 Å². The van der Waals surface area contributed by atoms with Crippen molar-refractivity contribution in [3.63, 3.8) is 0 Å². The van der Waals surface area contributed by atoms with Gasteiger partial charge in [-0.3, -0.25) is 23.7 Å². The predicted molar refractivity (Wildman–Crippen MR) is 139 cm³/mol. The minimum absolute atomic E-state index is 0.000367. The van der Waals surface area contributed by atoms with Crippen LogP contribution in [0.3, 0.4) is 0 Å². The standard InChI is InChI=1S/C24H33N7O3S/c1-14(2)10-29(20-21(25)30(11-15(3)4)23(34)27-22(20)33)19(32)12-35-24-28-26-13-31(24)18-8-7-16(5)9-17(18)6/h7-9,13-15H,10-12,25H2,1-6H3,(H,27,33,34). The molecule has 1 amide bonds. The first kappa shape index (κ1) is 26.3. The number of rotatable bonds is 9. The van der Waals surface area contributed by atoms with Gasteiger partial charge in [0.05, 0.1) is 11.4 Å². The molecule has 3 rings (SSSR count). The van der Waals surface area contributed by atoms with E-state index in [1.807, 2.05) is 58.2 Å². The summed E-state index contributed by atoms with van der Waals surface area (Å²) in [5.41, 5.74) is 8.16. The number of nitrogens with two attached hydrogens (primary N) is 1. The molecule has 0 fully saturated rings. The first-order valence-corrected chi connectivity index (χ1v) is 12.5. The molecule has 0 aliphatic heterocycles. The smallest absolute Gasteiger partial charge is 0.330 e. The molecule has 2 aromatic heterocycles. The fraction of sp³-hybridized carbons (Fsp3) is 0.458. The highest BCUT2D eigenvalue weighted by atomic mass is 32.2. The number of aromatic nitrogens is 5. The van der Waals surface area contributed by atoms with Crippen molar-refractivity contribution in [1.82, 2.24) is 24.3 Å². The maximum atomic E-state index is 13.4. The van der Waals surface area contributed by atoms with Gasteiger partial charge in [0, 0.05) is 13.1 Å². The average molecular weight is 500 g/mol. The SMILES string of the molecule is Cc1ccc(-n2cnnc2SCC(=O)N(CC(C)C)c2c(N)n(CC(C)C)c(=O)[nH]c2=O)c(C)c1. The quantitative estimate of drug-likeness (QED) is 0.433. The van der Waals surface area contributed by atoms with E-state index in [9.17, 15) is 14.4 Å². The Morgan fingerprint density at radius 3 is 2.51 bits per heavy atom. The van der Waals surface area contributed by atoms with Crippen LogP contribution in [0.4, 0.5) is 11.5 Å². The Morgan fingerprint density at radius 1 is 1.17 bits per heavy atom. The van der Waals surface area contributed by atoms with Gasteiger partial charge in [0.1, 0.15) is 12.1 Å². The molecule has 0 unspecified atom stereocenters. The van der Waals surface area contributed by atoms with Gasteiger partial charge in [0.25, 0.3) is 5.56 Å². The zero-order chi connectivity index (χ0) is 25.9. The van der Waals surface area contributed by atoms with Gasteiger partial charge in [-0.25, -0.2) is 4.79 Å². The highest BCUT2D eigenvalue weighted by Crippen LogP contribution is 2.25. The summed E-state index contributed by atoms with van der Waals surface area (Å²) >= 11 is 1.23. The van der Waals surface area contributed by atoms with E-state index in [2.05, 4.69) is 21.2 Å². The lowest BCUT2D eigenvalue weighted by Crippen LogP contribution is -2.43. The Kier molecular flexibility index (Phi) is 8.21. The molecule has 0 saturated heterocycles. The Morgan fingerprint density at radius 2 is 1.89 bits per heavy atom. The summed E-state index contributed by atoms with van der Waals surface area (Å²) in [5.74, 6) is -0.128. The lowest BCUT2D eigenvalue weighted by atomic mass is 10.1. The van der Waals surface area contributed by atoms with E-state index >= 15 is 0 Å². The van der Waals surface area contributed by atoms with Crippen LogP contribution in [0.2, 0.25) is 0 Å². The number of aryl methyl sites for hydroxylation is 2. The second-order valence-corrected chi connectivity index (χ2v) is 10.4. The fourth-order valence-electron chi connectivity index (χ4n) is 3.84. The van der Waals surface area contributed by atoms with E-state index in [0.717, 1.165) is 16.8 Å². The largest absolute Gasteiger partial charge is 0.383 e. The van der Waals surface area contributed by atoms with Crippen LogP contribution in [-0.4, -0.2) is 42.5 Å². The van der Waals surface area contributed by atoms with Crippen LogP contribution in [0, 0.1) is 25.7 Å². The minimum Gasteiger partial charge on any atom is -0.383 e. The lowest BCUT2D eigenvalue weighted by molar-refractivity contribution is -0.116. The summed E-state index contributed by atoms with van der Waals surface area (Å²) in [6, 6.07) is 6.07. The molecule has 1 aromatic carbocycles. The molecule has 0 saturated carbocycles. The van der Waals surface area contributed by atoms with E-state index < -0.39 is 11.2 Å². The number of amides is 1. The molecule has 10 nitrogen and oxygen atoms in total. The summed E-state index contributed by atoms with van der Waals surface area (Å²) in [4.78, 5) is 42.3. The van der Waals surface area contributed by atoms with Gasteiger partial charge in [0.15, 0.2) is 10.8 Å². The van der Waals surface area contributed by atoms with Crippen molar-refractivity contribution in [2.24, 2.45) is 11.8 Å². The van der Waals surface area contributed by atoms with Gasteiger partial charge in [-0.15, -0.1) is 10.2 Å². The zero-order valence-corrected chi connectivity index (χ0v) is 21.8. The number of nitrogens with zero attached hydrogens (tertiary/aromatic N) is 5. The molecule has 188 valence electrons. The lowest BCUT2D eigenvalue weighted by Gasteiger charge is -2.26. The van der Waals surface area contributed by atoms with Gasteiger partial charge < -0.3 is 10.6 Å². The van der Waals surface area contributed by atoms with E-state index in [4.69, 9.17) is 5.73 Å². The molecule has 35 heavy (non-hydrogen) atoms. The molecule has 0 bridgehead atoms. The van der Waals surface area contributed by atoms with Crippen molar-refractivity contribution in [2.75, 3.05) is 22.9 Å². The summed E-state index contributed by atoms with van der Waals surface area (Å²) in [6.07, 6.45) is 1.61. The van der Waals surface area contributed by atoms with Crippen LogP contribution >= 0.6 is 11.8 Å². The molecule has 11 heteroatoms. The fourth-order valence-corrected chi connectivity index (χ4v) is 4.63. The first-order valence-electron chi connectivity index (χ1n) is 11.5. The molecule has 0 radical (unpaired) electrons. The van der Waals surface area contributed by atoms with Crippen molar-refractivity contribution < 1.29 is 4.79 Å². The molecule has 3 N–H and O–H groups in total. The van der Waals surface area contributed by atoms with Crippen molar-refractivity contribution in [2.45, 2.75) is 53.2 Å². The van der Waals surface area contributed by atoms with Crippen molar-refractivity contribution in [3.8, 4) is 5.69 Å². The molecular weight excluding hydrogens is 466 g/mol. The molecule has 0 aliphatic rings. The monoisotopic (exact) mass is 499 g/mol. The third-order valence-electron chi connectivity index (χ3n) is 5.33. The highest BCUT2D eigenvalue weighted by molar-refractivity contribution is 7.99. The Balaban J connectivity index is 1.92. The van der Waals surface area contributed by atoms with Gasteiger partial charge in [0.2, 0.25) is 5.91 Å². The number of hydrogen-bond donors (Lipinski definition) is 2. The molecule has 0 aliphatic carbocycles. The van der Waals surface area contributed by atoms with E-state index in [1.54, 1.807) is 6.33 Å². The van der Waals surface area contributed by atoms with Crippen LogP contribution in [0.15, 0.2) is 39.3 Å². The third-order valence-corrected chi connectivity index (χ3v) is 6.26. The Bertz CT molecular complexity index is 1320. The van der Waals surface area contributed by atoms with Crippen molar-refractivity contribution in [1.29, 1.82) is 0 Å². The molecule has 0 atom stereocenters. The number of carbonyl (C=O) groups excluding carboxylic acids is 1. The third kappa shape index (κ3) is 6.02. The van der Waals surface area contributed by atoms with Crippen LogP contribution in [0.1, 0.15) is 38.8 Å². The molecule has 3 aromatic rings. The molecule has 2 heterocycles. The van der Waals surface area contributed by atoms with Gasteiger partial charge in [-0.1, -0.05) is 57.2 Å².